The fourth-order valence-electron chi connectivity index (χ4n) is 3.51. The molecule has 1 saturated carbocycles. The van der Waals surface area contributed by atoms with Crippen LogP contribution < -0.4 is 5.73 Å². The van der Waals surface area contributed by atoms with E-state index in [1.165, 1.54) is 12.5 Å². The Morgan fingerprint density at radius 2 is 2.03 bits per heavy atom. The number of aliphatic carboxylic acids is 1. The first-order valence-corrected chi connectivity index (χ1v) is 10.3. The van der Waals surface area contributed by atoms with Gasteiger partial charge in [-0.05, 0) is 32.6 Å². The number of amidine groups is 1. The van der Waals surface area contributed by atoms with E-state index in [9.17, 15) is 14.4 Å². The van der Waals surface area contributed by atoms with Crippen LogP contribution >= 0.6 is 0 Å². The van der Waals surface area contributed by atoms with Crippen molar-refractivity contribution in [2.75, 3.05) is 7.05 Å². The minimum absolute atomic E-state index is 0.00771. The van der Waals surface area contributed by atoms with Gasteiger partial charge in [0.05, 0.1) is 13.2 Å². The Bertz CT molecular complexity index is 766. The fourth-order valence-corrected chi connectivity index (χ4v) is 3.51. The second-order valence-corrected chi connectivity index (χ2v) is 8.22. The summed E-state index contributed by atoms with van der Waals surface area (Å²) in [5.74, 6) is -0.0232. The summed E-state index contributed by atoms with van der Waals surface area (Å²) in [6, 6.07) is -0.295. The van der Waals surface area contributed by atoms with E-state index in [-0.39, 0.29) is 28.7 Å². The minimum atomic E-state index is -0.937. The van der Waals surface area contributed by atoms with E-state index in [1.807, 2.05) is 0 Å². The summed E-state index contributed by atoms with van der Waals surface area (Å²) < 4.78 is 6.04. The summed E-state index contributed by atoms with van der Waals surface area (Å²) in [5.41, 5.74) is 6.30. The van der Waals surface area contributed by atoms with Crippen molar-refractivity contribution < 1.29 is 28.7 Å². The number of carbonyl (C=O) groups excluding carboxylic acids is 2. The molecule has 8 heteroatoms. The maximum atomic E-state index is 12.1. The number of hydrogen-bond donors (Lipinski definition) is 2. The summed E-state index contributed by atoms with van der Waals surface area (Å²) in [7, 11) is 1.79. The van der Waals surface area contributed by atoms with E-state index in [0.29, 0.717) is 18.1 Å². The number of urea groups is 1. The van der Waals surface area contributed by atoms with E-state index < -0.39 is 5.97 Å². The van der Waals surface area contributed by atoms with Gasteiger partial charge in [0.2, 0.25) is 6.23 Å². The van der Waals surface area contributed by atoms with Crippen LogP contribution in [-0.4, -0.2) is 52.6 Å². The highest BCUT2D eigenvalue weighted by Gasteiger charge is 2.45. The number of carbonyl (C=O) groups is 3. The van der Waals surface area contributed by atoms with Crippen LogP contribution in [0.25, 0.3) is 0 Å². The molecule has 30 heavy (non-hydrogen) atoms. The van der Waals surface area contributed by atoms with Crippen molar-refractivity contribution in [2.45, 2.75) is 64.2 Å². The van der Waals surface area contributed by atoms with Crippen LogP contribution in [0.3, 0.4) is 0 Å². The maximum Gasteiger partial charge on any atom is 0.451 e. The van der Waals surface area contributed by atoms with Crippen molar-refractivity contribution in [1.29, 1.82) is 0 Å². The third-order valence-corrected chi connectivity index (χ3v) is 5.66. The zero-order valence-corrected chi connectivity index (χ0v) is 17.8. The second-order valence-electron chi connectivity index (χ2n) is 8.22. The number of ketones is 1. The first kappa shape index (κ1) is 23.7. The Morgan fingerprint density at radius 3 is 2.53 bits per heavy atom. The number of rotatable bonds is 7. The van der Waals surface area contributed by atoms with Gasteiger partial charge in [0.15, 0.2) is 0 Å². The molecule has 0 radical (unpaired) electrons. The maximum absolute atomic E-state index is 12.1. The molecule has 0 aromatic rings. The van der Waals surface area contributed by atoms with Gasteiger partial charge in [0, 0.05) is 30.9 Å². The summed E-state index contributed by atoms with van der Waals surface area (Å²) in [6.45, 7) is 5.21. The first-order valence-electron chi connectivity index (χ1n) is 10.3. The van der Waals surface area contributed by atoms with E-state index >= 15 is 0 Å². The standard InChI is InChI=1S/C16H23N3O3.C6H8O2/c1-19(10-9-14(17)18-16(19)21)15-8-6-12(22-15)5-7-13(20)11-3-2-4-11;1-5(2)3-4-6(7)8/h9-12,15H,2-8H2,1H3,(H-,17,18,21);3-4H,1H2,2H3,(H,7,8)/p+1/b;4-3-. The molecule has 8 nitrogen and oxygen atoms in total. The highest BCUT2D eigenvalue weighted by Crippen LogP contribution is 2.33. The highest BCUT2D eigenvalue weighted by molar-refractivity contribution is 5.99. The van der Waals surface area contributed by atoms with E-state index in [1.54, 1.807) is 26.2 Å². The Balaban J connectivity index is 0.000000343. The number of aliphatic imine (C=N–C) groups is 1. The van der Waals surface area contributed by atoms with Gasteiger partial charge in [-0.15, -0.1) is 4.99 Å². The second kappa shape index (κ2) is 10.4. The fraction of sp³-hybridized carbons (Fsp3) is 0.545. The lowest BCUT2D eigenvalue weighted by Gasteiger charge is -2.32. The molecule has 2 fully saturated rings. The Kier molecular flexibility index (Phi) is 8.25. The van der Waals surface area contributed by atoms with Crippen LogP contribution in [0.5, 0.6) is 0 Å². The SMILES string of the molecule is C=C(C)/C=C\C(=O)O.C[N+]1(C2CCC(CCC(=O)C3CCC3)O2)C=CC(N)=NC1=O. The third kappa shape index (κ3) is 6.47. The van der Waals surface area contributed by atoms with Crippen molar-refractivity contribution in [1.82, 2.24) is 0 Å². The molecule has 3 atom stereocenters. The minimum Gasteiger partial charge on any atom is -0.478 e. The smallest absolute Gasteiger partial charge is 0.451 e. The van der Waals surface area contributed by atoms with Crippen LogP contribution in [0.15, 0.2) is 41.6 Å². The molecule has 2 aliphatic heterocycles. The lowest BCUT2D eigenvalue weighted by molar-refractivity contribution is -0.830. The first-order chi connectivity index (χ1) is 14.1. The van der Waals surface area contributed by atoms with Gasteiger partial charge in [-0.2, -0.15) is 4.48 Å². The van der Waals surface area contributed by atoms with Crippen molar-refractivity contribution in [3.05, 3.63) is 36.6 Å². The van der Waals surface area contributed by atoms with Crippen LogP contribution in [0.4, 0.5) is 4.79 Å². The van der Waals surface area contributed by atoms with Gasteiger partial charge in [-0.3, -0.25) is 4.79 Å². The zero-order chi connectivity index (χ0) is 22.3. The molecule has 0 aromatic carbocycles. The number of nitrogens with two attached hydrogens (primary N) is 1. The summed E-state index contributed by atoms with van der Waals surface area (Å²) in [5, 5.41) is 8.03. The van der Waals surface area contributed by atoms with E-state index in [2.05, 4.69) is 11.6 Å². The van der Waals surface area contributed by atoms with Crippen molar-refractivity contribution in [2.24, 2.45) is 16.6 Å². The third-order valence-electron chi connectivity index (χ3n) is 5.66. The van der Waals surface area contributed by atoms with Crippen LogP contribution in [0.2, 0.25) is 0 Å². The number of carboxylic acids is 1. The summed E-state index contributed by atoms with van der Waals surface area (Å²) >= 11 is 0. The summed E-state index contributed by atoms with van der Waals surface area (Å²) in [4.78, 5) is 37.7. The average molecular weight is 419 g/mol. The molecule has 3 unspecified atom stereocenters. The molecule has 1 saturated heterocycles. The molecule has 0 aromatic heterocycles. The van der Waals surface area contributed by atoms with Gasteiger partial charge in [0.1, 0.15) is 17.8 Å². The number of nitrogens with zero attached hydrogens (tertiary/aromatic N) is 2. The van der Waals surface area contributed by atoms with Crippen molar-refractivity contribution in [3.8, 4) is 0 Å². The van der Waals surface area contributed by atoms with Gasteiger partial charge in [0.25, 0.3) is 0 Å². The lowest BCUT2D eigenvalue weighted by atomic mass is 9.80. The van der Waals surface area contributed by atoms with E-state index in [0.717, 1.165) is 43.8 Å². The van der Waals surface area contributed by atoms with Gasteiger partial charge < -0.3 is 15.6 Å². The molecule has 3 N–H and O–H groups in total. The monoisotopic (exact) mass is 418 g/mol. The summed E-state index contributed by atoms with van der Waals surface area (Å²) in [6.07, 6.45) is 12.1. The number of ether oxygens (including phenoxy) is 1. The molecule has 2 heterocycles. The largest absolute Gasteiger partial charge is 0.478 e. The number of hydrogen-bond acceptors (Lipinski definition) is 5. The Morgan fingerprint density at radius 1 is 1.33 bits per heavy atom. The topological polar surface area (TPSA) is 119 Å². The van der Waals surface area contributed by atoms with E-state index in [4.69, 9.17) is 15.6 Å². The number of carboxylic acid groups (broad SMARTS) is 1. The molecule has 1 aliphatic carbocycles. The average Bonchev–Trinajstić information content (AvgIpc) is 3.10. The molecule has 3 rings (SSSR count). The molecule has 3 aliphatic rings. The molecule has 0 bridgehead atoms. The number of quaternary nitrogens is 1. The zero-order valence-electron chi connectivity index (χ0n) is 17.8. The normalized spacial score (nSPS) is 28.5. The molecular weight excluding hydrogens is 386 g/mol. The van der Waals surface area contributed by atoms with Crippen LogP contribution in [0.1, 0.15) is 51.9 Å². The number of amides is 2. The lowest BCUT2D eigenvalue weighted by Crippen LogP contribution is -2.53. The predicted octanol–water partition coefficient (Wildman–Crippen LogP) is 3.30. The van der Waals surface area contributed by atoms with Gasteiger partial charge >= 0.3 is 12.0 Å². The molecule has 0 spiro atoms. The van der Waals surface area contributed by atoms with Crippen LogP contribution in [-0.2, 0) is 14.3 Å². The predicted molar refractivity (Wildman–Crippen MR) is 113 cm³/mol. The van der Waals surface area contributed by atoms with Gasteiger partial charge in [-0.1, -0.05) is 24.6 Å². The van der Waals surface area contributed by atoms with Gasteiger partial charge in [-0.25, -0.2) is 9.59 Å². The van der Waals surface area contributed by atoms with Crippen LogP contribution in [0, 0.1) is 5.92 Å². The molecular formula is C22H32N3O5+. The number of allylic oxidation sites excluding steroid dienone is 2. The molecule has 2 amide bonds. The Hall–Kier alpha value is -2.58. The van der Waals surface area contributed by atoms with Crippen molar-refractivity contribution >= 4 is 23.6 Å². The Labute approximate surface area is 177 Å². The van der Waals surface area contributed by atoms with Crippen molar-refractivity contribution in [3.63, 3.8) is 0 Å². The molecule has 164 valence electrons. The quantitative estimate of drug-likeness (QED) is 0.372. The highest BCUT2D eigenvalue weighted by atomic mass is 16.5. The number of Topliss-reactive ketones (excluding diaryl/α,β-unsaturated/α-hetero) is 1.